The smallest absolute Gasteiger partial charge is 0.243 e. The van der Waals surface area contributed by atoms with E-state index < -0.39 is 6.04 Å². The molecule has 0 bridgehead atoms. The fourth-order valence-electron chi connectivity index (χ4n) is 2.58. The first-order valence-corrected chi connectivity index (χ1v) is 8.21. The Kier molecular flexibility index (Phi) is 6.38. The van der Waals surface area contributed by atoms with Crippen LogP contribution in [0.3, 0.4) is 0 Å². The SMILES string of the molecule is COc1ccc(CCCN(C)C(=O)C(N)c2ccc(C)cc2)cc1. The van der Waals surface area contributed by atoms with Crippen molar-refractivity contribution in [1.82, 2.24) is 4.90 Å². The summed E-state index contributed by atoms with van der Waals surface area (Å²) in [5.74, 6) is 0.809. The minimum absolute atomic E-state index is 0.0476. The second-order valence-corrected chi connectivity index (χ2v) is 6.10. The summed E-state index contributed by atoms with van der Waals surface area (Å²) in [5.41, 5.74) is 9.35. The van der Waals surface area contributed by atoms with E-state index in [2.05, 4.69) is 12.1 Å². The molecule has 0 aliphatic carbocycles. The van der Waals surface area contributed by atoms with E-state index in [4.69, 9.17) is 10.5 Å². The largest absolute Gasteiger partial charge is 0.497 e. The summed E-state index contributed by atoms with van der Waals surface area (Å²) in [7, 11) is 3.47. The molecule has 4 heteroatoms. The van der Waals surface area contributed by atoms with E-state index in [1.165, 1.54) is 5.56 Å². The molecule has 1 unspecified atom stereocenters. The summed E-state index contributed by atoms with van der Waals surface area (Å²) in [5, 5.41) is 0. The Morgan fingerprint density at radius 1 is 1.12 bits per heavy atom. The fourth-order valence-corrected chi connectivity index (χ4v) is 2.58. The average Bonchev–Trinajstić information content (AvgIpc) is 2.61. The van der Waals surface area contributed by atoms with Crippen LogP contribution in [0.25, 0.3) is 0 Å². The van der Waals surface area contributed by atoms with E-state index in [-0.39, 0.29) is 5.91 Å². The second kappa shape index (κ2) is 8.50. The zero-order chi connectivity index (χ0) is 17.5. The van der Waals surface area contributed by atoms with Gasteiger partial charge in [0.25, 0.3) is 0 Å². The molecule has 0 fully saturated rings. The van der Waals surface area contributed by atoms with Crippen LogP contribution in [-0.2, 0) is 11.2 Å². The number of carbonyl (C=O) groups is 1. The molecule has 2 aromatic rings. The molecule has 0 heterocycles. The number of amides is 1. The number of rotatable bonds is 7. The van der Waals surface area contributed by atoms with Crippen molar-refractivity contribution >= 4 is 5.91 Å². The van der Waals surface area contributed by atoms with Crippen molar-refractivity contribution in [2.24, 2.45) is 5.73 Å². The maximum Gasteiger partial charge on any atom is 0.243 e. The Bertz CT molecular complexity index is 650. The summed E-state index contributed by atoms with van der Waals surface area (Å²) in [4.78, 5) is 14.2. The molecular formula is C20H26N2O2. The van der Waals surface area contributed by atoms with Gasteiger partial charge in [0.1, 0.15) is 11.8 Å². The molecule has 24 heavy (non-hydrogen) atoms. The Balaban J connectivity index is 1.83. The van der Waals surface area contributed by atoms with Crippen LogP contribution >= 0.6 is 0 Å². The third kappa shape index (κ3) is 4.83. The van der Waals surface area contributed by atoms with Crippen LogP contribution in [0.5, 0.6) is 5.75 Å². The Morgan fingerprint density at radius 3 is 2.33 bits per heavy atom. The molecule has 0 saturated carbocycles. The minimum Gasteiger partial charge on any atom is -0.497 e. The van der Waals surface area contributed by atoms with E-state index in [0.717, 1.165) is 29.7 Å². The number of nitrogens with zero attached hydrogens (tertiary/aromatic N) is 1. The molecule has 2 N–H and O–H groups in total. The van der Waals surface area contributed by atoms with Gasteiger partial charge >= 0.3 is 0 Å². The first kappa shape index (κ1) is 18.0. The second-order valence-electron chi connectivity index (χ2n) is 6.10. The third-order valence-electron chi connectivity index (χ3n) is 4.20. The van der Waals surface area contributed by atoms with Gasteiger partial charge in [-0.1, -0.05) is 42.0 Å². The molecule has 128 valence electrons. The normalized spacial score (nSPS) is 11.8. The number of aryl methyl sites for hydroxylation is 2. The van der Waals surface area contributed by atoms with Gasteiger partial charge in [0.05, 0.1) is 7.11 Å². The number of hydrogen-bond donors (Lipinski definition) is 1. The van der Waals surface area contributed by atoms with Crippen LogP contribution in [0.2, 0.25) is 0 Å². The average molecular weight is 326 g/mol. The summed E-state index contributed by atoms with van der Waals surface area (Å²) >= 11 is 0. The van der Waals surface area contributed by atoms with E-state index >= 15 is 0 Å². The van der Waals surface area contributed by atoms with Crippen LogP contribution in [0.1, 0.15) is 29.2 Å². The predicted octanol–water partition coefficient (Wildman–Crippen LogP) is 3.09. The molecule has 0 aliphatic rings. The van der Waals surface area contributed by atoms with Crippen LogP contribution in [0, 0.1) is 6.92 Å². The molecule has 0 aliphatic heterocycles. The summed E-state index contributed by atoms with van der Waals surface area (Å²) < 4.78 is 5.15. The molecule has 2 aromatic carbocycles. The lowest BCUT2D eigenvalue weighted by atomic mass is 10.0. The van der Waals surface area contributed by atoms with Crippen molar-refractivity contribution in [2.75, 3.05) is 20.7 Å². The van der Waals surface area contributed by atoms with Crippen molar-refractivity contribution in [2.45, 2.75) is 25.8 Å². The van der Waals surface area contributed by atoms with Crippen LogP contribution in [-0.4, -0.2) is 31.5 Å². The first-order chi connectivity index (χ1) is 11.5. The standard InChI is InChI=1S/C20H26N2O2/c1-15-6-10-17(11-7-15)19(21)20(23)22(2)14-4-5-16-8-12-18(24-3)13-9-16/h6-13,19H,4-5,14,21H2,1-3H3. The van der Waals surface area contributed by atoms with E-state index in [1.54, 1.807) is 12.0 Å². The number of likely N-dealkylation sites (N-methyl/N-ethyl adjacent to an activating group) is 1. The lowest BCUT2D eigenvalue weighted by Gasteiger charge is -2.21. The minimum atomic E-state index is -0.600. The van der Waals surface area contributed by atoms with Crippen molar-refractivity contribution in [3.63, 3.8) is 0 Å². The van der Waals surface area contributed by atoms with Gasteiger partial charge in [-0.3, -0.25) is 4.79 Å². The van der Waals surface area contributed by atoms with Gasteiger partial charge in [-0.25, -0.2) is 0 Å². The molecule has 0 radical (unpaired) electrons. The lowest BCUT2D eigenvalue weighted by molar-refractivity contribution is -0.131. The Hall–Kier alpha value is -2.33. The lowest BCUT2D eigenvalue weighted by Crippen LogP contribution is -2.36. The molecule has 1 atom stereocenters. The molecule has 4 nitrogen and oxygen atoms in total. The van der Waals surface area contributed by atoms with Crippen molar-refractivity contribution in [1.29, 1.82) is 0 Å². The number of ether oxygens (including phenoxy) is 1. The number of methoxy groups -OCH3 is 1. The third-order valence-corrected chi connectivity index (χ3v) is 4.20. The van der Waals surface area contributed by atoms with Crippen molar-refractivity contribution in [3.8, 4) is 5.75 Å². The summed E-state index contributed by atoms with van der Waals surface area (Å²) in [6, 6.07) is 15.2. The highest BCUT2D eigenvalue weighted by atomic mass is 16.5. The van der Waals surface area contributed by atoms with Gasteiger partial charge in [0.15, 0.2) is 0 Å². The van der Waals surface area contributed by atoms with Gasteiger partial charge in [0, 0.05) is 13.6 Å². The maximum atomic E-state index is 12.4. The van der Waals surface area contributed by atoms with Gasteiger partial charge in [-0.05, 0) is 43.0 Å². The van der Waals surface area contributed by atoms with Gasteiger partial charge in [-0.2, -0.15) is 0 Å². The van der Waals surface area contributed by atoms with Gasteiger partial charge in [-0.15, -0.1) is 0 Å². The molecule has 0 aromatic heterocycles. The zero-order valence-corrected chi connectivity index (χ0v) is 14.7. The van der Waals surface area contributed by atoms with Crippen molar-refractivity contribution < 1.29 is 9.53 Å². The number of nitrogens with two attached hydrogens (primary N) is 1. The van der Waals surface area contributed by atoms with E-state index in [1.807, 2.05) is 50.4 Å². The molecule has 0 spiro atoms. The molecule has 1 amide bonds. The predicted molar refractivity (Wildman–Crippen MR) is 97.1 cm³/mol. The topological polar surface area (TPSA) is 55.6 Å². The zero-order valence-electron chi connectivity index (χ0n) is 14.7. The number of benzene rings is 2. The highest BCUT2D eigenvalue weighted by molar-refractivity contribution is 5.82. The first-order valence-electron chi connectivity index (χ1n) is 8.21. The number of carbonyl (C=O) groups excluding carboxylic acids is 1. The Morgan fingerprint density at radius 2 is 1.75 bits per heavy atom. The highest BCUT2D eigenvalue weighted by Crippen LogP contribution is 2.15. The monoisotopic (exact) mass is 326 g/mol. The van der Waals surface area contributed by atoms with E-state index in [9.17, 15) is 4.79 Å². The van der Waals surface area contributed by atoms with Crippen LogP contribution in [0.15, 0.2) is 48.5 Å². The summed E-state index contributed by atoms with van der Waals surface area (Å²) in [6.45, 7) is 2.70. The Labute approximate surface area is 144 Å². The van der Waals surface area contributed by atoms with Crippen LogP contribution in [0.4, 0.5) is 0 Å². The van der Waals surface area contributed by atoms with Crippen molar-refractivity contribution in [3.05, 3.63) is 65.2 Å². The van der Waals surface area contributed by atoms with E-state index in [0.29, 0.717) is 6.54 Å². The molecule has 2 rings (SSSR count). The quantitative estimate of drug-likeness (QED) is 0.850. The van der Waals surface area contributed by atoms with Crippen LogP contribution < -0.4 is 10.5 Å². The summed E-state index contributed by atoms with van der Waals surface area (Å²) in [6.07, 6.45) is 1.82. The fraction of sp³-hybridized carbons (Fsp3) is 0.350. The molecular weight excluding hydrogens is 300 g/mol. The maximum absolute atomic E-state index is 12.4. The van der Waals surface area contributed by atoms with Gasteiger partial charge < -0.3 is 15.4 Å². The van der Waals surface area contributed by atoms with Gasteiger partial charge in [0.2, 0.25) is 5.91 Å². The number of hydrogen-bond acceptors (Lipinski definition) is 3. The highest BCUT2D eigenvalue weighted by Gasteiger charge is 2.19. The molecule has 0 saturated heterocycles.